The Bertz CT molecular complexity index is 815. The third-order valence-electron chi connectivity index (χ3n) is 5.78. The molecule has 1 aliphatic heterocycles. The van der Waals surface area contributed by atoms with Crippen LogP contribution < -0.4 is 5.32 Å². The molecule has 7 nitrogen and oxygen atoms in total. The number of likely N-dealkylation sites (tertiary alicyclic amines) is 1. The van der Waals surface area contributed by atoms with Crippen LogP contribution in [-0.2, 0) is 11.3 Å². The summed E-state index contributed by atoms with van der Waals surface area (Å²) < 4.78 is 0. The monoisotopic (exact) mass is 423 g/mol. The van der Waals surface area contributed by atoms with E-state index in [0.29, 0.717) is 25.7 Å². The van der Waals surface area contributed by atoms with Gasteiger partial charge in [0.1, 0.15) is 5.69 Å². The van der Waals surface area contributed by atoms with Crippen molar-refractivity contribution in [2.45, 2.75) is 51.6 Å². The number of benzene rings is 1. The molecule has 31 heavy (non-hydrogen) atoms. The molecule has 1 aromatic heterocycles. The number of nitrogens with one attached hydrogen (secondary N) is 1. The number of rotatable bonds is 10. The molecule has 1 aliphatic rings. The molecule has 1 fully saturated rings. The molecule has 2 amide bonds. The number of piperidine rings is 1. The number of amides is 2. The average Bonchev–Trinajstić information content (AvgIpc) is 2.81. The largest absolute Gasteiger partial charge is 0.356 e. The summed E-state index contributed by atoms with van der Waals surface area (Å²) in [7, 11) is 0. The van der Waals surface area contributed by atoms with Crippen LogP contribution in [0, 0.1) is 0 Å². The van der Waals surface area contributed by atoms with Crippen LogP contribution in [0.5, 0.6) is 0 Å². The zero-order valence-corrected chi connectivity index (χ0v) is 18.4. The van der Waals surface area contributed by atoms with Crippen molar-refractivity contribution in [3.63, 3.8) is 0 Å². The van der Waals surface area contributed by atoms with Crippen LogP contribution >= 0.6 is 0 Å². The number of nitrogens with zero attached hydrogens (tertiary/aromatic N) is 4. The lowest BCUT2D eigenvalue weighted by atomic mass is 10.0. The fourth-order valence-electron chi connectivity index (χ4n) is 3.95. The zero-order valence-electron chi connectivity index (χ0n) is 18.4. The number of carbonyl (C=O) groups excluding carboxylic acids is 2. The van der Waals surface area contributed by atoms with E-state index < -0.39 is 0 Å². The van der Waals surface area contributed by atoms with Gasteiger partial charge in [-0.25, -0.2) is 4.98 Å². The Hall–Kier alpha value is -2.80. The zero-order chi connectivity index (χ0) is 21.9. The van der Waals surface area contributed by atoms with Gasteiger partial charge < -0.3 is 15.1 Å². The van der Waals surface area contributed by atoms with Gasteiger partial charge in [0.15, 0.2) is 0 Å². The first-order valence-corrected chi connectivity index (χ1v) is 11.2. The first-order chi connectivity index (χ1) is 15.1. The maximum Gasteiger partial charge on any atom is 0.274 e. The lowest BCUT2D eigenvalue weighted by molar-refractivity contribution is -0.121. The highest BCUT2D eigenvalue weighted by molar-refractivity contribution is 5.92. The molecule has 0 radical (unpaired) electrons. The summed E-state index contributed by atoms with van der Waals surface area (Å²) in [6.45, 7) is 5.89. The number of aromatic nitrogens is 2. The van der Waals surface area contributed by atoms with Crippen LogP contribution in [0.1, 0.15) is 55.1 Å². The van der Waals surface area contributed by atoms with E-state index >= 15 is 0 Å². The van der Waals surface area contributed by atoms with E-state index in [2.05, 4.69) is 27.1 Å². The van der Waals surface area contributed by atoms with Gasteiger partial charge in [-0.05, 0) is 38.3 Å². The minimum absolute atomic E-state index is 0.0308. The van der Waals surface area contributed by atoms with Crippen molar-refractivity contribution in [3.8, 4) is 0 Å². The molecule has 1 aromatic carbocycles. The van der Waals surface area contributed by atoms with Crippen molar-refractivity contribution in [1.82, 2.24) is 25.1 Å². The van der Waals surface area contributed by atoms with E-state index in [9.17, 15) is 9.59 Å². The van der Waals surface area contributed by atoms with Crippen molar-refractivity contribution >= 4 is 11.8 Å². The summed E-state index contributed by atoms with van der Waals surface area (Å²) in [6, 6.07) is 10.4. The van der Waals surface area contributed by atoms with E-state index in [4.69, 9.17) is 0 Å². The molecule has 1 N–H and O–H groups in total. The Morgan fingerprint density at radius 1 is 1.19 bits per heavy atom. The van der Waals surface area contributed by atoms with E-state index in [0.717, 1.165) is 25.1 Å². The summed E-state index contributed by atoms with van der Waals surface area (Å²) in [4.78, 5) is 37.6. The van der Waals surface area contributed by atoms with E-state index in [1.54, 1.807) is 4.90 Å². The van der Waals surface area contributed by atoms with Gasteiger partial charge in [-0.15, -0.1) is 0 Å². The molecular weight excluding hydrogens is 390 g/mol. The second-order valence-electron chi connectivity index (χ2n) is 8.14. The highest BCUT2D eigenvalue weighted by Crippen LogP contribution is 2.16. The third kappa shape index (κ3) is 7.43. The first kappa shape index (κ1) is 22.9. The van der Waals surface area contributed by atoms with Crippen LogP contribution in [0.4, 0.5) is 0 Å². The van der Waals surface area contributed by atoms with Crippen LogP contribution in [0.3, 0.4) is 0 Å². The van der Waals surface area contributed by atoms with Crippen LogP contribution in [0.15, 0.2) is 48.9 Å². The Morgan fingerprint density at radius 3 is 2.77 bits per heavy atom. The van der Waals surface area contributed by atoms with Crippen molar-refractivity contribution in [3.05, 3.63) is 60.2 Å². The SMILES string of the molecule is C[C@H]1CCCCN1CCCNC(=O)CCN(Cc1ccccc1)C(=O)c1cnccn1. The van der Waals surface area contributed by atoms with Gasteiger partial charge in [-0.2, -0.15) is 0 Å². The fraction of sp³-hybridized carbons (Fsp3) is 0.500. The molecule has 2 heterocycles. The normalized spacial score (nSPS) is 16.6. The molecule has 7 heteroatoms. The summed E-state index contributed by atoms with van der Waals surface area (Å²) in [5.41, 5.74) is 1.30. The maximum atomic E-state index is 12.9. The third-order valence-corrected chi connectivity index (χ3v) is 5.78. The van der Waals surface area contributed by atoms with E-state index in [1.165, 1.54) is 37.9 Å². The standard InChI is InChI=1S/C24H33N5O2/c1-20-8-5-6-15-28(20)16-7-12-27-23(30)11-17-29(19-21-9-3-2-4-10-21)24(31)22-18-25-13-14-26-22/h2-4,9-10,13-14,18,20H,5-8,11-12,15-17,19H2,1H3,(H,27,30)/t20-/m0/s1. The Labute approximate surface area is 184 Å². The van der Waals surface area contributed by atoms with Gasteiger partial charge in [-0.1, -0.05) is 36.8 Å². The number of hydrogen-bond donors (Lipinski definition) is 1. The maximum absolute atomic E-state index is 12.9. The minimum Gasteiger partial charge on any atom is -0.356 e. The Morgan fingerprint density at radius 2 is 2.03 bits per heavy atom. The molecule has 3 rings (SSSR count). The van der Waals surface area contributed by atoms with Crippen LogP contribution in [0.2, 0.25) is 0 Å². The van der Waals surface area contributed by atoms with Crippen LogP contribution in [-0.4, -0.2) is 63.8 Å². The van der Waals surface area contributed by atoms with Gasteiger partial charge in [0, 0.05) is 51.0 Å². The first-order valence-electron chi connectivity index (χ1n) is 11.2. The molecule has 1 saturated heterocycles. The second-order valence-corrected chi connectivity index (χ2v) is 8.14. The van der Waals surface area contributed by atoms with E-state index in [-0.39, 0.29) is 23.9 Å². The quantitative estimate of drug-likeness (QED) is 0.595. The molecule has 2 aromatic rings. The van der Waals surface area contributed by atoms with Gasteiger partial charge >= 0.3 is 0 Å². The topological polar surface area (TPSA) is 78.4 Å². The highest BCUT2D eigenvalue weighted by atomic mass is 16.2. The lowest BCUT2D eigenvalue weighted by Crippen LogP contribution is -2.39. The van der Waals surface area contributed by atoms with Crippen LogP contribution in [0.25, 0.3) is 0 Å². The van der Waals surface area contributed by atoms with Gasteiger partial charge in [0.2, 0.25) is 5.91 Å². The predicted octanol–water partition coefficient (Wildman–Crippen LogP) is 2.89. The van der Waals surface area contributed by atoms with Gasteiger partial charge in [-0.3, -0.25) is 14.6 Å². The molecular formula is C24H33N5O2. The van der Waals surface area contributed by atoms with Crippen molar-refractivity contribution in [2.75, 3.05) is 26.2 Å². The molecule has 0 unspecified atom stereocenters. The number of carbonyl (C=O) groups is 2. The second kappa shape index (κ2) is 12.2. The molecule has 1 atom stereocenters. The van der Waals surface area contributed by atoms with Crippen molar-refractivity contribution in [2.24, 2.45) is 0 Å². The predicted molar refractivity (Wildman–Crippen MR) is 120 cm³/mol. The number of hydrogen-bond acceptors (Lipinski definition) is 5. The smallest absolute Gasteiger partial charge is 0.274 e. The molecule has 0 spiro atoms. The molecule has 0 aliphatic carbocycles. The summed E-state index contributed by atoms with van der Waals surface area (Å²) >= 11 is 0. The van der Waals surface area contributed by atoms with Gasteiger partial charge in [0.25, 0.3) is 5.91 Å². The average molecular weight is 424 g/mol. The van der Waals surface area contributed by atoms with Gasteiger partial charge in [0.05, 0.1) is 6.20 Å². The highest BCUT2D eigenvalue weighted by Gasteiger charge is 2.19. The van der Waals surface area contributed by atoms with E-state index in [1.807, 2.05) is 30.3 Å². The molecule has 0 bridgehead atoms. The summed E-state index contributed by atoms with van der Waals surface area (Å²) in [6.07, 6.45) is 9.57. The minimum atomic E-state index is -0.219. The molecule has 166 valence electrons. The summed E-state index contributed by atoms with van der Waals surface area (Å²) in [5.74, 6) is -0.250. The lowest BCUT2D eigenvalue weighted by Gasteiger charge is -2.33. The Kier molecular flexibility index (Phi) is 8.97. The Balaban J connectivity index is 1.47. The molecule has 0 saturated carbocycles. The summed E-state index contributed by atoms with van der Waals surface area (Å²) in [5, 5.41) is 3.00. The van der Waals surface area contributed by atoms with Crippen molar-refractivity contribution in [1.29, 1.82) is 0 Å². The van der Waals surface area contributed by atoms with Crippen molar-refractivity contribution < 1.29 is 9.59 Å². The fourth-order valence-corrected chi connectivity index (χ4v) is 3.95.